The first-order valence-electron chi connectivity index (χ1n) is 7.92. The summed E-state index contributed by atoms with van der Waals surface area (Å²) in [4.78, 5) is 1.31. The van der Waals surface area contributed by atoms with E-state index in [1.807, 2.05) is 24.3 Å². The molecular formula is C18H22N2O2S. The Morgan fingerprint density at radius 1 is 1.26 bits per heavy atom. The van der Waals surface area contributed by atoms with Crippen LogP contribution >= 0.6 is 11.3 Å². The van der Waals surface area contributed by atoms with Gasteiger partial charge in [-0.3, -0.25) is 0 Å². The minimum absolute atomic E-state index is 0.240. The van der Waals surface area contributed by atoms with E-state index in [2.05, 4.69) is 22.8 Å². The summed E-state index contributed by atoms with van der Waals surface area (Å²) >= 11 is 1.73. The van der Waals surface area contributed by atoms with Gasteiger partial charge in [-0.2, -0.15) is 0 Å². The van der Waals surface area contributed by atoms with Crippen LogP contribution in [-0.4, -0.2) is 30.1 Å². The van der Waals surface area contributed by atoms with Gasteiger partial charge in [0.05, 0.1) is 12.7 Å². The number of aliphatic hydroxyl groups is 1. The number of benzene rings is 1. The topological polar surface area (TPSA) is 65.3 Å². The molecule has 0 fully saturated rings. The lowest BCUT2D eigenvalue weighted by molar-refractivity contribution is 0.0148. The van der Waals surface area contributed by atoms with Crippen LogP contribution in [0.5, 0.6) is 0 Å². The molecule has 2 atom stereocenters. The predicted molar refractivity (Wildman–Crippen MR) is 93.2 cm³/mol. The molecule has 5 heteroatoms. The van der Waals surface area contributed by atoms with E-state index >= 15 is 0 Å². The molecule has 0 amide bonds. The van der Waals surface area contributed by atoms with Crippen molar-refractivity contribution in [1.82, 2.24) is 5.32 Å². The zero-order chi connectivity index (χ0) is 16.1. The molecule has 3 rings (SSSR count). The van der Waals surface area contributed by atoms with Gasteiger partial charge in [0, 0.05) is 29.2 Å². The van der Waals surface area contributed by atoms with Gasteiger partial charge in [0.25, 0.3) is 0 Å². The standard InChI is InChI=1S/C18H22N2O2S/c19-16-6-7-17-15(8-9-23-17)18(16)22-12-14(21)11-20-10-13-4-2-1-3-5-13/h1-5,8-9,14,18-21H,6-7,10-12H2. The Kier molecular flexibility index (Phi) is 5.56. The average molecular weight is 330 g/mol. The quantitative estimate of drug-likeness (QED) is 0.731. The Labute approximate surface area is 140 Å². The van der Waals surface area contributed by atoms with E-state index in [1.165, 1.54) is 10.4 Å². The Balaban J connectivity index is 1.44. The molecule has 4 nitrogen and oxygen atoms in total. The van der Waals surface area contributed by atoms with Crippen molar-refractivity contribution in [1.29, 1.82) is 5.41 Å². The summed E-state index contributed by atoms with van der Waals surface area (Å²) in [6.07, 6.45) is 0.831. The van der Waals surface area contributed by atoms with Gasteiger partial charge in [-0.25, -0.2) is 0 Å². The minimum atomic E-state index is -0.574. The van der Waals surface area contributed by atoms with Crippen LogP contribution in [0.4, 0.5) is 0 Å². The molecule has 0 radical (unpaired) electrons. The molecule has 0 aliphatic heterocycles. The van der Waals surface area contributed by atoms with Gasteiger partial charge in [0.2, 0.25) is 0 Å². The van der Waals surface area contributed by atoms with E-state index in [9.17, 15) is 5.11 Å². The molecule has 0 bridgehead atoms. The molecule has 0 saturated heterocycles. The number of fused-ring (bicyclic) bond motifs is 1. The van der Waals surface area contributed by atoms with E-state index in [1.54, 1.807) is 11.3 Å². The predicted octanol–water partition coefficient (Wildman–Crippen LogP) is 2.92. The summed E-state index contributed by atoms with van der Waals surface area (Å²) in [5.74, 6) is 0. The van der Waals surface area contributed by atoms with Crippen LogP contribution in [0.2, 0.25) is 0 Å². The lowest BCUT2D eigenvalue weighted by Crippen LogP contribution is -2.32. The first-order chi connectivity index (χ1) is 11.2. The number of ether oxygens (including phenoxy) is 1. The van der Waals surface area contributed by atoms with Crippen molar-refractivity contribution in [2.24, 2.45) is 0 Å². The number of aliphatic hydroxyl groups excluding tert-OH is 1. The van der Waals surface area contributed by atoms with Crippen molar-refractivity contribution in [3.63, 3.8) is 0 Å². The number of aryl methyl sites for hydroxylation is 1. The Bertz CT molecular complexity index is 641. The van der Waals surface area contributed by atoms with Gasteiger partial charge in [-0.05, 0) is 29.9 Å². The first kappa shape index (κ1) is 16.3. The summed E-state index contributed by atoms with van der Waals surface area (Å²) < 4.78 is 5.84. The highest BCUT2D eigenvalue weighted by Crippen LogP contribution is 2.33. The van der Waals surface area contributed by atoms with Gasteiger partial charge in [0.15, 0.2) is 0 Å². The fraction of sp³-hybridized carbons (Fsp3) is 0.389. The summed E-state index contributed by atoms with van der Waals surface area (Å²) in [6, 6.07) is 12.1. The van der Waals surface area contributed by atoms with Gasteiger partial charge >= 0.3 is 0 Å². The van der Waals surface area contributed by atoms with Crippen LogP contribution < -0.4 is 5.32 Å². The second kappa shape index (κ2) is 7.84. The van der Waals surface area contributed by atoms with E-state index in [-0.39, 0.29) is 12.7 Å². The monoisotopic (exact) mass is 330 g/mol. The molecule has 2 aromatic rings. The van der Waals surface area contributed by atoms with Crippen molar-refractivity contribution >= 4 is 17.0 Å². The van der Waals surface area contributed by atoms with Crippen LogP contribution in [0.15, 0.2) is 41.8 Å². The SMILES string of the molecule is N=C1CCc2sccc2C1OCC(O)CNCc1ccccc1. The Morgan fingerprint density at radius 2 is 2.09 bits per heavy atom. The zero-order valence-electron chi connectivity index (χ0n) is 13.0. The number of hydrogen-bond acceptors (Lipinski definition) is 5. The highest BCUT2D eigenvalue weighted by molar-refractivity contribution is 7.10. The van der Waals surface area contributed by atoms with Crippen LogP contribution in [0.3, 0.4) is 0 Å². The number of nitrogens with one attached hydrogen (secondary N) is 2. The van der Waals surface area contributed by atoms with E-state index in [0.29, 0.717) is 12.3 Å². The molecule has 0 spiro atoms. The van der Waals surface area contributed by atoms with Gasteiger partial charge in [0.1, 0.15) is 6.10 Å². The molecule has 1 aromatic carbocycles. The average Bonchev–Trinajstić information content (AvgIpc) is 3.03. The van der Waals surface area contributed by atoms with Crippen molar-refractivity contribution in [3.8, 4) is 0 Å². The Morgan fingerprint density at radius 3 is 2.91 bits per heavy atom. The van der Waals surface area contributed by atoms with E-state index < -0.39 is 6.10 Å². The lowest BCUT2D eigenvalue weighted by Gasteiger charge is -2.25. The molecular weight excluding hydrogens is 308 g/mol. The first-order valence-corrected chi connectivity index (χ1v) is 8.80. The molecule has 3 N–H and O–H groups in total. The maximum atomic E-state index is 10.1. The number of rotatable bonds is 7. The number of hydrogen-bond donors (Lipinski definition) is 3. The smallest absolute Gasteiger partial charge is 0.121 e. The largest absolute Gasteiger partial charge is 0.389 e. The van der Waals surface area contributed by atoms with Crippen LogP contribution in [0.1, 0.15) is 28.5 Å². The molecule has 122 valence electrons. The summed E-state index contributed by atoms with van der Waals surface area (Å²) in [5, 5.41) is 23.5. The van der Waals surface area contributed by atoms with Gasteiger partial charge < -0.3 is 20.6 Å². The fourth-order valence-electron chi connectivity index (χ4n) is 2.79. The molecule has 0 saturated carbocycles. The fourth-order valence-corrected chi connectivity index (χ4v) is 3.70. The summed E-state index contributed by atoms with van der Waals surface area (Å²) in [5.41, 5.74) is 2.91. The van der Waals surface area contributed by atoms with Crippen molar-refractivity contribution in [2.45, 2.75) is 31.6 Å². The highest BCUT2D eigenvalue weighted by Gasteiger charge is 2.27. The van der Waals surface area contributed by atoms with Crippen molar-refractivity contribution in [2.75, 3.05) is 13.2 Å². The molecule has 2 unspecified atom stereocenters. The third-order valence-electron chi connectivity index (χ3n) is 4.01. The lowest BCUT2D eigenvalue weighted by atomic mass is 9.94. The second-order valence-electron chi connectivity index (χ2n) is 5.81. The highest BCUT2D eigenvalue weighted by atomic mass is 32.1. The maximum Gasteiger partial charge on any atom is 0.121 e. The molecule has 1 aromatic heterocycles. The molecule has 1 aliphatic rings. The van der Waals surface area contributed by atoms with E-state index in [0.717, 1.165) is 24.9 Å². The van der Waals surface area contributed by atoms with Crippen LogP contribution in [0.25, 0.3) is 0 Å². The number of thiophene rings is 1. The Hall–Kier alpha value is -1.53. The zero-order valence-corrected chi connectivity index (χ0v) is 13.8. The summed E-state index contributed by atoms with van der Waals surface area (Å²) in [6.45, 7) is 1.45. The van der Waals surface area contributed by atoms with Crippen molar-refractivity contribution in [3.05, 3.63) is 57.8 Å². The minimum Gasteiger partial charge on any atom is -0.389 e. The van der Waals surface area contributed by atoms with Crippen LogP contribution in [-0.2, 0) is 17.7 Å². The second-order valence-corrected chi connectivity index (χ2v) is 6.81. The third kappa shape index (κ3) is 4.26. The molecule has 1 heterocycles. The molecule has 23 heavy (non-hydrogen) atoms. The van der Waals surface area contributed by atoms with Gasteiger partial charge in [-0.1, -0.05) is 30.3 Å². The maximum absolute atomic E-state index is 10.1. The summed E-state index contributed by atoms with van der Waals surface area (Å²) in [7, 11) is 0. The normalized spacial score (nSPS) is 18.7. The van der Waals surface area contributed by atoms with E-state index in [4.69, 9.17) is 10.1 Å². The van der Waals surface area contributed by atoms with Gasteiger partial charge in [-0.15, -0.1) is 11.3 Å². The van der Waals surface area contributed by atoms with Crippen LogP contribution in [0, 0.1) is 5.41 Å². The molecule has 1 aliphatic carbocycles. The third-order valence-corrected chi connectivity index (χ3v) is 5.00. The van der Waals surface area contributed by atoms with Crippen molar-refractivity contribution < 1.29 is 9.84 Å².